The molecule has 3 aliphatic rings. The summed E-state index contributed by atoms with van der Waals surface area (Å²) in [7, 11) is 0. The summed E-state index contributed by atoms with van der Waals surface area (Å²) in [6.07, 6.45) is 11.4. The molecular formula is C14H22O2. The SMILES string of the molecule is O=CO[C@H]1C[C@H]2C[C@@H]1C[C@@H]2C1CCCCC1. The van der Waals surface area contributed by atoms with Crippen LogP contribution in [-0.4, -0.2) is 12.6 Å². The second kappa shape index (κ2) is 4.38. The van der Waals surface area contributed by atoms with Crippen LogP contribution in [-0.2, 0) is 9.53 Å². The fourth-order valence-electron chi connectivity index (χ4n) is 4.65. The summed E-state index contributed by atoms with van der Waals surface area (Å²) in [5.74, 6) is 3.54. The predicted octanol–water partition coefficient (Wildman–Crippen LogP) is 3.15. The van der Waals surface area contributed by atoms with Crippen LogP contribution in [0.3, 0.4) is 0 Å². The van der Waals surface area contributed by atoms with E-state index >= 15 is 0 Å². The molecule has 0 aromatic heterocycles. The molecule has 4 atom stereocenters. The minimum atomic E-state index is 0.266. The molecule has 3 saturated carbocycles. The first-order chi connectivity index (χ1) is 7.88. The fourth-order valence-corrected chi connectivity index (χ4v) is 4.65. The maximum Gasteiger partial charge on any atom is 0.293 e. The zero-order valence-corrected chi connectivity index (χ0v) is 9.94. The summed E-state index contributed by atoms with van der Waals surface area (Å²) in [5, 5.41) is 0. The van der Waals surface area contributed by atoms with Crippen LogP contribution in [0.1, 0.15) is 51.4 Å². The van der Waals surface area contributed by atoms with E-state index in [0.29, 0.717) is 12.4 Å². The Morgan fingerprint density at radius 1 is 0.875 bits per heavy atom. The molecule has 0 saturated heterocycles. The van der Waals surface area contributed by atoms with Crippen LogP contribution in [0.15, 0.2) is 0 Å². The quantitative estimate of drug-likeness (QED) is 0.686. The van der Waals surface area contributed by atoms with Crippen LogP contribution in [0.5, 0.6) is 0 Å². The number of fused-ring (bicyclic) bond motifs is 2. The first kappa shape index (κ1) is 10.6. The van der Waals surface area contributed by atoms with Crippen LogP contribution in [0, 0.1) is 23.7 Å². The average Bonchev–Trinajstić information content (AvgIpc) is 2.90. The Labute approximate surface area is 97.7 Å². The Balaban J connectivity index is 1.59. The second-order valence-electron chi connectivity index (χ2n) is 6.06. The minimum Gasteiger partial charge on any atom is -0.464 e. The maximum atomic E-state index is 10.4. The fraction of sp³-hybridized carbons (Fsp3) is 0.929. The lowest BCUT2D eigenvalue weighted by atomic mass is 9.72. The second-order valence-corrected chi connectivity index (χ2v) is 6.06. The van der Waals surface area contributed by atoms with E-state index in [9.17, 15) is 4.79 Å². The molecule has 0 spiro atoms. The first-order valence-electron chi connectivity index (χ1n) is 6.97. The van der Waals surface area contributed by atoms with Gasteiger partial charge in [0.15, 0.2) is 0 Å². The van der Waals surface area contributed by atoms with Gasteiger partial charge in [-0.25, -0.2) is 0 Å². The van der Waals surface area contributed by atoms with Gasteiger partial charge in [-0.2, -0.15) is 0 Å². The molecule has 0 aliphatic heterocycles. The zero-order chi connectivity index (χ0) is 11.0. The normalized spacial score (nSPS) is 43.5. The van der Waals surface area contributed by atoms with E-state index < -0.39 is 0 Å². The molecule has 3 rings (SSSR count). The van der Waals surface area contributed by atoms with Crippen LogP contribution >= 0.6 is 0 Å². The van der Waals surface area contributed by atoms with Crippen molar-refractivity contribution in [2.45, 2.75) is 57.5 Å². The molecule has 2 heteroatoms. The van der Waals surface area contributed by atoms with Crippen molar-refractivity contribution in [2.75, 3.05) is 0 Å². The van der Waals surface area contributed by atoms with Crippen molar-refractivity contribution in [3.8, 4) is 0 Å². The van der Waals surface area contributed by atoms with E-state index in [4.69, 9.17) is 4.74 Å². The standard InChI is InChI=1S/C14H22O2/c15-9-16-14-8-11-6-12(14)7-13(11)10-4-2-1-3-5-10/h9-14H,1-8H2/t11-,12-,13-,14+/m1/s1. The lowest BCUT2D eigenvalue weighted by Crippen LogP contribution is -2.29. The summed E-state index contributed by atoms with van der Waals surface area (Å²) in [6, 6.07) is 0. The molecule has 2 bridgehead atoms. The van der Waals surface area contributed by atoms with Crippen molar-refractivity contribution in [2.24, 2.45) is 23.7 Å². The van der Waals surface area contributed by atoms with E-state index in [1.807, 2.05) is 0 Å². The Morgan fingerprint density at radius 3 is 2.31 bits per heavy atom. The van der Waals surface area contributed by atoms with Gasteiger partial charge in [0.05, 0.1) is 0 Å². The molecule has 3 fully saturated rings. The Kier molecular flexibility index (Phi) is 2.91. The van der Waals surface area contributed by atoms with E-state index in [1.54, 1.807) is 0 Å². The molecule has 2 nitrogen and oxygen atoms in total. The van der Waals surface area contributed by atoms with Crippen molar-refractivity contribution in [3.05, 3.63) is 0 Å². The van der Waals surface area contributed by atoms with Gasteiger partial charge >= 0.3 is 0 Å². The van der Waals surface area contributed by atoms with Crippen molar-refractivity contribution >= 4 is 6.47 Å². The molecule has 0 unspecified atom stereocenters. The van der Waals surface area contributed by atoms with E-state index in [1.165, 1.54) is 44.9 Å². The van der Waals surface area contributed by atoms with Gasteiger partial charge in [-0.05, 0) is 42.9 Å². The Morgan fingerprint density at radius 2 is 1.69 bits per heavy atom. The number of hydrogen-bond acceptors (Lipinski definition) is 2. The molecule has 0 N–H and O–H groups in total. The van der Waals surface area contributed by atoms with Gasteiger partial charge in [-0.15, -0.1) is 0 Å². The minimum absolute atomic E-state index is 0.266. The van der Waals surface area contributed by atoms with Crippen LogP contribution in [0.25, 0.3) is 0 Å². The van der Waals surface area contributed by atoms with Gasteiger partial charge in [0.1, 0.15) is 6.10 Å². The van der Waals surface area contributed by atoms with Gasteiger partial charge < -0.3 is 4.74 Å². The monoisotopic (exact) mass is 222 g/mol. The lowest BCUT2D eigenvalue weighted by molar-refractivity contribution is -0.136. The van der Waals surface area contributed by atoms with Crippen molar-refractivity contribution in [3.63, 3.8) is 0 Å². The molecular weight excluding hydrogens is 200 g/mol. The summed E-state index contributed by atoms with van der Waals surface area (Å²) in [4.78, 5) is 10.4. The molecule has 0 aromatic rings. The maximum absolute atomic E-state index is 10.4. The molecule has 3 aliphatic carbocycles. The molecule has 0 aromatic carbocycles. The Bertz CT molecular complexity index is 257. The first-order valence-corrected chi connectivity index (χ1v) is 6.97. The summed E-state index contributed by atoms with van der Waals surface area (Å²) in [5.41, 5.74) is 0. The number of rotatable bonds is 3. The van der Waals surface area contributed by atoms with Crippen LogP contribution < -0.4 is 0 Å². The van der Waals surface area contributed by atoms with Crippen molar-refractivity contribution < 1.29 is 9.53 Å². The summed E-state index contributed by atoms with van der Waals surface area (Å²) in [6.45, 7) is 0.654. The molecule has 0 radical (unpaired) electrons. The third-order valence-corrected chi connectivity index (χ3v) is 5.33. The van der Waals surface area contributed by atoms with Gasteiger partial charge in [0, 0.05) is 0 Å². The third kappa shape index (κ3) is 1.76. The highest BCUT2D eigenvalue weighted by Gasteiger charge is 2.49. The van der Waals surface area contributed by atoms with Gasteiger partial charge in [-0.1, -0.05) is 32.1 Å². The van der Waals surface area contributed by atoms with Gasteiger partial charge in [-0.3, -0.25) is 4.79 Å². The van der Waals surface area contributed by atoms with Crippen molar-refractivity contribution in [1.29, 1.82) is 0 Å². The van der Waals surface area contributed by atoms with Crippen LogP contribution in [0.2, 0.25) is 0 Å². The number of carbonyl (C=O) groups is 1. The summed E-state index contributed by atoms with van der Waals surface area (Å²) < 4.78 is 5.19. The Hall–Kier alpha value is -0.530. The lowest BCUT2D eigenvalue weighted by Gasteiger charge is -2.35. The third-order valence-electron chi connectivity index (χ3n) is 5.33. The number of ether oxygens (including phenoxy) is 1. The van der Waals surface area contributed by atoms with E-state index in [-0.39, 0.29) is 6.10 Å². The van der Waals surface area contributed by atoms with Gasteiger partial charge in [0.25, 0.3) is 6.47 Å². The summed E-state index contributed by atoms with van der Waals surface area (Å²) >= 11 is 0. The molecule has 0 amide bonds. The topological polar surface area (TPSA) is 26.3 Å². The predicted molar refractivity (Wildman–Crippen MR) is 61.8 cm³/mol. The highest BCUT2D eigenvalue weighted by atomic mass is 16.5. The highest BCUT2D eigenvalue weighted by Crippen LogP contribution is 2.54. The number of carbonyl (C=O) groups excluding carboxylic acids is 1. The molecule has 0 heterocycles. The number of hydrogen-bond donors (Lipinski definition) is 0. The largest absolute Gasteiger partial charge is 0.464 e. The zero-order valence-electron chi connectivity index (χ0n) is 9.94. The highest BCUT2D eigenvalue weighted by molar-refractivity contribution is 5.37. The van der Waals surface area contributed by atoms with E-state index in [2.05, 4.69) is 0 Å². The van der Waals surface area contributed by atoms with E-state index in [0.717, 1.165) is 24.2 Å². The van der Waals surface area contributed by atoms with Crippen molar-refractivity contribution in [1.82, 2.24) is 0 Å². The smallest absolute Gasteiger partial charge is 0.293 e. The molecule has 16 heavy (non-hydrogen) atoms. The average molecular weight is 222 g/mol. The van der Waals surface area contributed by atoms with Crippen LogP contribution in [0.4, 0.5) is 0 Å². The molecule has 90 valence electrons. The van der Waals surface area contributed by atoms with Gasteiger partial charge in [0.2, 0.25) is 0 Å².